The van der Waals surface area contributed by atoms with Crippen molar-refractivity contribution in [2.75, 3.05) is 6.54 Å². The van der Waals surface area contributed by atoms with Crippen LogP contribution in [0.2, 0.25) is 0 Å². The highest BCUT2D eigenvalue weighted by molar-refractivity contribution is 5.92. The number of hydrogen-bond acceptors (Lipinski definition) is 6. The molecule has 23 heavy (non-hydrogen) atoms. The molecule has 1 N–H and O–H groups in total. The number of nitrogens with one attached hydrogen (secondary N) is 1. The summed E-state index contributed by atoms with van der Waals surface area (Å²) in [6.07, 6.45) is 2.11. The number of carbonyl (C=O) groups is 1. The minimum absolute atomic E-state index is 0.224. The lowest BCUT2D eigenvalue weighted by Crippen LogP contribution is -2.26. The Bertz CT molecular complexity index is 801. The molecule has 0 aliphatic heterocycles. The highest BCUT2D eigenvalue weighted by atomic mass is 16.5. The average molecular weight is 309 g/mol. The van der Waals surface area contributed by atoms with Gasteiger partial charge in [0, 0.05) is 24.9 Å². The molecule has 0 atom stereocenters. The molecule has 0 fully saturated rings. The molecular weight excluding hydrogens is 294 g/mol. The molecule has 0 saturated heterocycles. The van der Waals surface area contributed by atoms with Gasteiger partial charge in [-0.15, -0.1) is 0 Å². The fraction of sp³-hybridized carbons (Fsp3) is 0.188. The van der Waals surface area contributed by atoms with Crippen molar-refractivity contribution < 1.29 is 9.32 Å². The maximum absolute atomic E-state index is 12.0. The summed E-state index contributed by atoms with van der Waals surface area (Å²) in [6.45, 7) is 2.23. The third-order valence-corrected chi connectivity index (χ3v) is 3.11. The third kappa shape index (κ3) is 3.76. The first kappa shape index (κ1) is 14.8. The number of pyridine rings is 2. The molecule has 7 nitrogen and oxygen atoms in total. The van der Waals surface area contributed by atoms with Gasteiger partial charge in [-0.3, -0.25) is 9.78 Å². The second-order valence-corrected chi connectivity index (χ2v) is 4.90. The van der Waals surface area contributed by atoms with Crippen LogP contribution in [0.25, 0.3) is 11.5 Å². The van der Waals surface area contributed by atoms with E-state index in [0.717, 1.165) is 5.69 Å². The average Bonchev–Trinajstić information content (AvgIpc) is 3.04. The zero-order chi connectivity index (χ0) is 16.1. The molecule has 0 radical (unpaired) electrons. The van der Waals surface area contributed by atoms with Gasteiger partial charge in [0.05, 0.1) is 0 Å². The van der Waals surface area contributed by atoms with Gasteiger partial charge in [-0.05, 0) is 31.2 Å². The summed E-state index contributed by atoms with van der Waals surface area (Å²) in [4.78, 5) is 24.5. The lowest BCUT2D eigenvalue weighted by Gasteiger charge is -2.03. The summed E-state index contributed by atoms with van der Waals surface area (Å²) in [5.74, 6) is 0.661. The van der Waals surface area contributed by atoms with Crippen molar-refractivity contribution in [3.8, 4) is 11.5 Å². The van der Waals surface area contributed by atoms with E-state index in [2.05, 4.69) is 25.4 Å². The molecule has 0 saturated carbocycles. The summed E-state index contributed by atoms with van der Waals surface area (Å²) in [7, 11) is 0. The summed E-state index contributed by atoms with van der Waals surface area (Å²) in [5, 5.41) is 6.66. The fourth-order valence-corrected chi connectivity index (χ4v) is 2.00. The van der Waals surface area contributed by atoms with Crippen LogP contribution in [0.5, 0.6) is 0 Å². The van der Waals surface area contributed by atoms with E-state index in [9.17, 15) is 4.79 Å². The zero-order valence-electron chi connectivity index (χ0n) is 12.6. The predicted octanol–water partition coefficient (Wildman–Crippen LogP) is 1.81. The Morgan fingerprint density at radius 3 is 2.87 bits per heavy atom. The van der Waals surface area contributed by atoms with Crippen molar-refractivity contribution in [2.24, 2.45) is 0 Å². The van der Waals surface area contributed by atoms with E-state index < -0.39 is 0 Å². The maximum Gasteiger partial charge on any atom is 0.269 e. The highest BCUT2D eigenvalue weighted by Crippen LogP contribution is 2.11. The van der Waals surface area contributed by atoms with E-state index in [-0.39, 0.29) is 5.91 Å². The van der Waals surface area contributed by atoms with E-state index in [0.29, 0.717) is 36.1 Å². The van der Waals surface area contributed by atoms with Gasteiger partial charge in [0.25, 0.3) is 5.91 Å². The van der Waals surface area contributed by atoms with Gasteiger partial charge in [0.15, 0.2) is 0 Å². The molecule has 0 aromatic carbocycles. The predicted molar refractivity (Wildman–Crippen MR) is 82.5 cm³/mol. The van der Waals surface area contributed by atoms with E-state index in [1.807, 2.05) is 25.1 Å². The number of hydrogen-bond donors (Lipinski definition) is 1. The molecule has 0 unspecified atom stereocenters. The molecule has 3 aromatic heterocycles. The van der Waals surface area contributed by atoms with E-state index in [4.69, 9.17) is 4.52 Å². The van der Waals surface area contributed by atoms with E-state index in [1.165, 1.54) is 0 Å². The van der Waals surface area contributed by atoms with Crippen molar-refractivity contribution in [3.63, 3.8) is 0 Å². The van der Waals surface area contributed by atoms with Crippen LogP contribution in [0.1, 0.15) is 22.1 Å². The molecule has 0 spiro atoms. The SMILES string of the molecule is Cc1cccc(C(=O)NCCc2nc(-c3ccccn3)no2)n1. The Morgan fingerprint density at radius 1 is 1.17 bits per heavy atom. The van der Waals surface area contributed by atoms with Crippen molar-refractivity contribution >= 4 is 5.91 Å². The monoisotopic (exact) mass is 309 g/mol. The normalized spacial score (nSPS) is 10.5. The fourth-order valence-electron chi connectivity index (χ4n) is 2.00. The van der Waals surface area contributed by atoms with E-state index >= 15 is 0 Å². The molecule has 3 rings (SSSR count). The van der Waals surface area contributed by atoms with Crippen LogP contribution in [-0.2, 0) is 6.42 Å². The van der Waals surface area contributed by atoms with Crippen LogP contribution in [-0.4, -0.2) is 32.6 Å². The van der Waals surface area contributed by atoms with Gasteiger partial charge in [-0.25, -0.2) is 4.98 Å². The van der Waals surface area contributed by atoms with E-state index in [1.54, 1.807) is 24.4 Å². The second kappa shape index (κ2) is 6.78. The van der Waals surface area contributed by atoms with Gasteiger partial charge < -0.3 is 9.84 Å². The Labute approximate surface area is 132 Å². The topological polar surface area (TPSA) is 93.8 Å². The first-order valence-electron chi connectivity index (χ1n) is 7.18. The number of aryl methyl sites for hydroxylation is 1. The molecular formula is C16H15N5O2. The van der Waals surface area contributed by atoms with Crippen molar-refractivity contribution in [1.29, 1.82) is 0 Å². The number of nitrogens with zero attached hydrogens (tertiary/aromatic N) is 4. The lowest BCUT2D eigenvalue weighted by atomic mass is 10.3. The second-order valence-electron chi connectivity index (χ2n) is 4.90. The summed E-state index contributed by atoms with van der Waals surface area (Å²) in [6, 6.07) is 10.8. The minimum atomic E-state index is -0.224. The molecule has 0 aliphatic rings. The minimum Gasteiger partial charge on any atom is -0.350 e. The first-order chi connectivity index (χ1) is 11.2. The Kier molecular flexibility index (Phi) is 4.37. The molecule has 7 heteroatoms. The highest BCUT2D eigenvalue weighted by Gasteiger charge is 2.11. The molecule has 1 amide bonds. The Balaban J connectivity index is 1.55. The smallest absolute Gasteiger partial charge is 0.269 e. The number of amides is 1. The first-order valence-corrected chi connectivity index (χ1v) is 7.18. The van der Waals surface area contributed by atoms with Crippen LogP contribution in [0, 0.1) is 6.92 Å². The van der Waals surface area contributed by atoms with Crippen LogP contribution < -0.4 is 5.32 Å². The Hall–Kier alpha value is -3.09. The molecule has 0 aliphatic carbocycles. The lowest BCUT2D eigenvalue weighted by molar-refractivity contribution is 0.0948. The van der Waals surface area contributed by atoms with Crippen molar-refractivity contribution in [1.82, 2.24) is 25.4 Å². The largest absolute Gasteiger partial charge is 0.350 e. The standard InChI is InChI=1S/C16H15N5O2/c1-11-5-4-7-13(19-11)16(22)18-10-8-14-20-15(21-23-14)12-6-2-3-9-17-12/h2-7,9H,8,10H2,1H3,(H,18,22). The molecule has 116 valence electrons. The van der Waals surface area contributed by atoms with Crippen LogP contribution in [0.4, 0.5) is 0 Å². The van der Waals surface area contributed by atoms with Crippen molar-refractivity contribution in [3.05, 3.63) is 59.9 Å². The van der Waals surface area contributed by atoms with Crippen LogP contribution in [0.15, 0.2) is 47.1 Å². The number of carbonyl (C=O) groups excluding carboxylic acids is 1. The Morgan fingerprint density at radius 2 is 2.09 bits per heavy atom. The summed E-state index contributed by atoms with van der Waals surface area (Å²) in [5.41, 5.74) is 1.84. The number of rotatable bonds is 5. The third-order valence-electron chi connectivity index (χ3n) is 3.11. The zero-order valence-corrected chi connectivity index (χ0v) is 12.6. The maximum atomic E-state index is 12.0. The van der Waals surface area contributed by atoms with Gasteiger partial charge in [-0.2, -0.15) is 4.98 Å². The van der Waals surface area contributed by atoms with Crippen LogP contribution >= 0.6 is 0 Å². The van der Waals surface area contributed by atoms with Gasteiger partial charge in [0.1, 0.15) is 11.4 Å². The van der Waals surface area contributed by atoms with Gasteiger partial charge in [-0.1, -0.05) is 17.3 Å². The van der Waals surface area contributed by atoms with Crippen LogP contribution in [0.3, 0.4) is 0 Å². The van der Waals surface area contributed by atoms with Crippen molar-refractivity contribution in [2.45, 2.75) is 13.3 Å². The molecule has 3 heterocycles. The molecule has 0 bridgehead atoms. The number of aromatic nitrogens is 4. The summed E-state index contributed by atoms with van der Waals surface area (Å²) >= 11 is 0. The van der Waals surface area contributed by atoms with Gasteiger partial charge in [0.2, 0.25) is 11.7 Å². The summed E-state index contributed by atoms with van der Waals surface area (Å²) < 4.78 is 5.16. The quantitative estimate of drug-likeness (QED) is 0.772. The molecule has 3 aromatic rings. The van der Waals surface area contributed by atoms with Gasteiger partial charge >= 0.3 is 0 Å².